The fraction of sp³-hybridized carbons (Fsp3) is 0.167. The van der Waals surface area contributed by atoms with Crippen molar-refractivity contribution in [2.45, 2.75) is 6.42 Å². The molecule has 1 heterocycles. The van der Waals surface area contributed by atoms with E-state index in [0.29, 0.717) is 5.84 Å². The molecule has 1 N–H and O–H groups in total. The number of carbonyl (C=O) groups is 2. The number of nitrogens with one attached hydrogen (secondary N) is 1. The molecule has 4 nitrogen and oxygen atoms in total. The third kappa shape index (κ3) is 2.30. The lowest BCUT2D eigenvalue weighted by Gasteiger charge is -2.07. The average molecular weight is 166 g/mol. The first kappa shape index (κ1) is 8.18. The van der Waals surface area contributed by atoms with Crippen molar-refractivity contribution in [3.05, 3.63) is 11.0 Å². The molecular weight excluding hydrogens is 159 g/mol. The Morgan fingerprint density at radius 2 is 2.27 bits per heavy atom. The Morgan fingerprint density at radius 1 is 1.55 bits per heavy atom. The highest BCUT2D eigenvalue weighted by atomic mass is 27.0. The summed E-state index contributed by atoms with van der Waals surface area (Å²) < 4.78 is 0. The fourth-order valence-electron chi connectivity index (χ4n) is 0.763. The fourth-order valence-corrected chi connectivity index (χ4v) is 1.08. The molecule has 1 aliphatic heterocycles. The molecule has 0 aromatic carbocycles. The van der Waals surface area contributed by atoms with Crippen LogP contribution in [0, 0.1) is 0 Å². The molecule has 5 heteroatoms. The monoisotopic (exact) mass is 166 g/mol. The summed E-state index contributed by atoms with van der Waals surface area (Å²) in [7, 11) is 0. The second kappa shape index (κ2) is 3.47. The van der Waals surface area contributed by atoms with Crippen LogP contribution in [-0.4, -0.2) is 33.9 Å². The van der Waals surface area contributed by atoms with Gasteiger partial charge in [-0.3, -0.25) is 9.59 Å². The minimum Gasteiger partial charge on any atom is -0.310 e. The first-order valence-electron chi connectivity index (χ1n) is 3.26. The van der Waals surface area contributed by atoms with Crippen LogP contribution in [0.1, 0.15) is 6.42 Å². The second-order valence-electron chi connectivity index (χ2n) is 2.12. The Morgan fingerprint density at radius 3 is 2.82 bits per heavy atom. The number of hydrogen-bond donors (Lipinski definition) is 1. The normalized spacial score (nSPS) is 18.4. The number of amidine groups is 1. The van der Waals surface area contributed by atoms with Crippen molar-refractivity contribution in [2.24, 2.45) is 4.99 Å². The van der Waals surface area contributed by atoms with Gasteiger partial charge in [0, 0.05) is 0 Å². The van der Waals surface area contributed by atoms with E-state index in [1.54, 1.807) is 6.08 Å². The predicted octanol–water partition coefficient (Wildman–Crippen LogP) is -1.42. The Bertz CT molecular complexity index is 257. The van der Waals surface area contributed by atoms with Crippen LogP contribution in [-0.2, 0) is 9.59 Å². The van der Waals surface area contributed by atoms with Crippen LogP contribution >= 0.6 is 0 Å². The number of nitrogens with zero attached hydrogens (tertiary/aromatic N) is 1. The lowest BCUT2D eigenvalue weighted by molar-refractivity contribution is -0.127. The van der Waals surface area contributed by atoms with Gasteiger partial charge in [0.2, 0.25) is 22.2 Å². The maximum Gasteiger partial charge on any atom is 0.257 e. The molecule has 0 aromatic heterocycles. The van der Waals surface area contributed by atoms with Crippen molar-refractivity contribution in [1.29, 1.82) is 0 Å². The third-order valence-electron chi connectivity index (χ3n) is 1.15. The maximum atomic E-state index is 10.7. The van der Waals surface area contributed by atoms with Gasteiger partial charge in [-0.15, -0.1) is 0 Å². The molecule has 1 rings (SSSR count). The molecule has 0 spiro atoms. The van der Waals surface area contributed by atoms with Crippen molar-refractivity contribution in [3.63, 3.8) is 0 Å². The van der Waals surface area contributed by atoms with Gasteiger partial charge in [0.05, 0.1) is 0 Å². The molecule has 1 aliphatic rings. The van der Waals surface area contributed by atoms with Gasteiger partial charge in [-0.05, 0) is 6.08 Å². The smallest absolute Gasteiger partial charge is 0.257 e. The summed E-state index contributed by atoms with van der Waals surface area (Å²) in [6.45, 7) is 0. The zero-order valence-electron chi connectivity index (χ0n) is 6.13. The van der Waals surface area contributed by atoms with E-state index in [2.05, 4.69) is 10.3 Å². The van der Waals surface area contributed by atoms with Gasteiger partial charge >= 0.3 is 0 Å². The Hall–Kier alpha value is -0.918. The zero-order valence-corrected chi connectivity index (χ0v) is 8.13. The number of carbonyl (C=O) groups excluding carboxylic acids is 2. The van der Waals surface area contributed by atoms with Crippen LogP contribution < -0.4 is 5.32 Å². The summed E-state index contributed by atoms with van der Waals surface area (Å²) in [5, 5.41) is 2.47. The quantitative estimate of drug-likeness (QED) is 0.384. The van der Waals surface area contributed by atoms with Gasteiger partial charge in [-0.1, -0.05) is 0 Å². The van der Waals surface area contributed by atoms with Crippen molar-refractivity contribution >= 4 is 33.9 Å². The first-order valence-corrected chi connectivity index (χ1v) is 4.42. The van der Waals surface area contributed by atoms with Gasteiger partial charge in [-0.25, -0.2) is 0 Å². The number of hydrogen-bond acceptors (Lipinski definition) is 2. The Balaban J connectivity index is 2.80. The average Bonchev–Trinajstić information content (AvgIpc) is 1.85. The Kier molecular flexibility index (Phi) is 2.58. The molecule has 0 atom stereocenters. The van der Waals surface area contributed by atoms with E-state index in [1.165, 1.54) is 0 Å². The molecule has 0 bridgehead atoms. The molecule has 56 valence electrons. The molecule has 0 radical (unpaired) electrons. The highest BCUT2D eigenvalue weighted by molar-refractivity contribution is 6.22. The van der Waals surface area contributed by atoms with Crippen LogP contribution in [0.2, 0.25) is 0 Å². The minimum atomic E-state index is -0.372. The molecule has 0 aliphatic carbocycles. The van der Waals surface area contributed by atoms with Gasteiger partial charge in [0.1, 0.15) is 12.3 Å². The topological polar surface area (TPSA) is 58.5 Å². The third-order valence-corrected chi connectivity index (χ3v) is 1.48. The van der Waals surface area contributed by atoms with E-state index < -0.39 is 0 Å². The molecule has 0 saturated heterocycles. The lowest BCUT2D eigenvalue weighted by Crippen LogP contribution is -2.35. The van der Waals surface area contributed by atoms with Crippen LogP contribution in [0.5, 0.6) is 0 Å². The van der Waals surface area contributed by atoms with Gasteiger partial charge < -0.3 is 5.32 Å². The molecular formula is C6H7AlN2O2. The van der Waals surface area contributed by atoms with Crippen molar-refractivity contribution in [2.75, 3.05) is 0 Å². The molecule has 11 heavy (non-hydrogen) atoms. The van der Waals surface area contributed by atoms with Crippen LogP contribution in [0.15, 0.2) is 16.0 Å². The SMILES string of the molecule is O=C1CC(=O)NC(/C=[CH]/[AlH2])=N1. The summed E-state index contributed by atoms with van der Waals surface area (Å²) in [5.74, 6) is -0.287. The van der Waals surface area contributed by atoms with Gasteiger partial charge in [0.15, 0.2) is 0 Å². The highest BCUT2D eigenvalue weighted by Crippen LogP contribution is 1.94. The maximum absolute atomic E-state index is 10.7. The summed E-state index contributed by atoms with van der Waals surface area (Å²) in [4.78, 5) is 26.9. The summed E-state index contributed by atoms with van der Waals surface area (Å²) in [5.41, 5.74) is 0. The van der Waals surface area contributed by atoms with E-state index in [9.17, 15) is 9.59 Å². The standard InChI is InChI=1S/C6H5N2O2.Al.2H/c1-2-4-7-5(9)3-6(10)8-4;;;/h1-2H,3H2,(H,7,8,9,10);;;. The molecule has 2 amide bonds. The lowest BCUT2D eigenvalue weighted by atomic mass is 10.3. The largest absolute Gasteiger partial charge is 0.310 e. The second-order valence-corrected chi connectivity index (χ2v) is 2.78. The number of aliphatic imine (C=N–C) groups is 1. The molecule has 0 fully saturated rings. The number of amides is 2. The van der Waals surface area contributed by atoms with E-state index >= 15 is 0 Å². The van der Waals surface area contributed by atoms with Crippen molar-refractivity contribution < 1.29 is 9.59 Å². The van der Waals surface area contributed by atoms with E-state index in [1.807, 2.05) is 4.94 Å². The summed E-state index contributed by atoms with van der Waals surface area (Å²) in [6, 6.07) is 0. The van der Waals surface area contributed by atoms with Gasteiger partial charge in [0.25, 0.3) is 5.91 Å². The van der Waals surface area contributed by atoms with Gasteiger partial charge in [-0.2, -0.15) is 9.93 Å². The van der Waals surface area contributed by atoms with Crippen LogP contribution in [0.3, 0.4) is 0 Å². The summed E-state index contributed by atoms with van der Waals surface area (Å²) >= 11 is 0.885. The highest BCUT2D eigenvalue weighted by Gasteiger charge is 2.15. The Labute approximate surface area is 71.8 Å². The minimum absolute atomic E-state index is 0.127. The van der Waals surface area contributed by atoms with Crippen LogP contribution in [0.4, 0.5) is 0 Å². The zero-order chi connectivity index (χ0) is 8.27. The molecule has 0 aromatic rings. The van der Waals surface area contributed by atoms with Crippen molar-refractivity contribution in [1.82, 2.24) is 5.32 Å². The van der Waals surface area contributed by atoms with Crippen LogP contribution in [0.25, 0.3) is 0 Å². The summed E-state index contributed by atoms with van der Waals surface area (Å²) in [6.07, 6.45) is 1.51. The van der Waals surface area contributed by atoms with E-state index in [-0.39, 0.29) is 18.2 Å². The van der Waals surface area contributed by atoms with E-state index in [4.69, 9.17) is 0 Å². The molecule has 0 saturated carbocycles. The molecule has 0 unspecified atom stereocenters. The van der Waals surface area contributed by atoms with E-state index in [0.717, 1.165) is 16.3 Å². The van der Waals surface area contributed by atoms with Crippen molar-refractivity contribution in [3.8, 4) is 0 Å². The predicted molar refractivity (Wildman–Crippen MR) is 42.9 cm³/mol. The first-order chi connectivity index (χ1) is 5.22. The number of rotatable bonds is 1.